The number of aliphatic hydroxyl groups excluding tert-OH is 1. The molecule has 0 fully saturated rings. The third-order valence-electron chi connectivity index (χ3n) is 2.87. The highest BCUT2D eigenvalue weighted by molar-refractivity contribution is 5.23. The molecule has 0 amide bonds. The maximum Gasteiger partial charge on any atom is 0.417 e. The maximum absolute atomic E-state index is 12.6. The van der Waals surface area contributed by atoms with E-state index in [1.54, 1.807) is 24.3 Å². The van der Waals surface area contributed by atoms with Gasteiger partial charge in [-0.2, -0.15) is 13.2 Å². The lowest BCUT2D eigenvalue weighted by Crippen LogP contribution is -2.21. The lowest BCUT2D eigenvalue weighted by atomic mass is 10.1. The Kier molecular flexibility index (Phi) is 3.94. The molecule has 1 aromatic carbocycles. The summed E-state index contributed by atoms with van der Waals surface area (Å²) in [4.78, 5) is 11.6. The SMILES string of the molecule is O=c1ccc(C(F)(F)F)cn1Cc1ccc(CO)cc1. The van der Waals surface area contributed by atoms with Crippen LogP contribution in [0.5, 0.6) is 0 Å². The van der Waals surface area contributed by atoms with E-state index in [0.29, 0.717) is 11.1 Å². The fraction of sp³-hybridized carbons (Fsp3) is 0.214. The van der Waals surface area contributed by atoms with Crippen LogP contribution in [0.25, 0.3) is 0 Å². The topological polar surface area (TPSA) is 42.2 Å². The molecule has 0 radical (unpaired) electrons. The minimum atomic E-state index is -4.48. The molecule has 106 valence electrons. The van der Waals surface area contributed by atoms with Crippen molar-refractivity contribution in [2.24, 2.45) is 0 Å². The molecule has 2 rings (SSSR count). The average Bonchev–Trinajstić information content (AvgIpc) is 2.41. The number of pyridine rings is 1. The number of hydrogen-bond acceptors (Lipinski definition) is 2. The number of benzene rings is 1. The van der Waals surface area contributed by atoms with Gasteiger partial charge in [0.25, 0.3) is 5.56 Å². The van der Waals surface area contributed by atoms with Crippen molar-refractivity contribution in [3.63, 3.8) is 0 Å². The second-order valence-corrected chi connectivity index (χ2v) is 4.36. The third-order valence-corrected chi connectivity index (χ3v) is 2.87. The molecule has 0 saturated heterocycles. The average molecular weight is 283 g/mol. The summed E-state index contributed by atoms with van der Waals surface area (Å²) in [6.45, 7) is -0.0573. The molecule has 1 heterocycles. The molecule has 0 saturated carbocycles. The quantitative estimate of drug-likeness (QED) is 0.940. The van der Waals surface area contributed by atoms with Crippen molar-refractivity contribution in [2.75, 3.05) is 0 Å². The first-order valence-electron chi connectivity index (χ1n) is 5.86. The number of nitrogens with zero attached hydrogens (tertiary/aromatic N) is 1. The molecule has 0 unspecified atom stereocenters. The molecule has 0 aliphatic rings. The molecule has 0 bridgehead atoms. The zero-order valence-corrected chi connectivity index (χ0v) is 10.4. The molecule has 1 N–H and O–H groups in total. The minimum Gasteiger partial charge on any atom is -0.392 e. The fourth-order valence-corrected chi connectivity index (χ4v) is 1.77. The van der Waals surface area contributed by atoms with Crippen molar-refractivity contribution in [1.82, 2.24) is 4.57 Å². The first-order chi connectivity index (χ1) is 9.40. The molecule has 6 heteroatoms. The second kappa shape index (κ2) is 5.50. The van der Waals surface area contributed by atoms with E-state index in [1.807, 2.05) is 0 Å². The number of hydrogen-bond donors (Lipinski definition) is 1. The monoisotopic (exact) mass is 283 g/mol. The van der Waals surface area contributed by atoms with E-state index in [1.165, 1.54) is 0 Å². The minimum absolute atomic E-state index is 0.0501. The predicted octanol–water partition coefficient (Wildman–Crippen LogP) is 2.41. The molecular formula is C14H12F3NO2. The standard InChI is InChI=1S/C14H12F3NO2/c15-14(16,17)12-5-6-13(20)18(8-12)7-10-1-3-11(9-19)4-2-10/h1-6,8,19H,7,9H2. The Morgan fingerprint density at radius 2 is 1.60 bits per heavy atom. The normalized spacial score (nSPS) is 11.6. The van der Waals surface area contributed by atoms with Crippen LogP contribution < -0.4 is 5.56 Å². The van der Waals surface area contributed by atoms with Gasteiger partial charge in [0.2, 0.25) is 0 Å². The van der Waals surface area contributed by atoms with Crippen molar-refractivity contribution in [1.29, 1.82) is 0 Å². The van der Waals surface area contributed by atoms with Gasteiger partial charge in [-0.25, -0.2) is 0 Å². The summed E-state index contributed by atoms with van der Waals surface area (Å²) in [5, 5.41) is 8.91. The van der Waals surface area contributed by atoms with Crippen molar-refractivity contribution in [2.45, 2.75) is 19.3 Å². The summed E-state index contributed by atoms with van der Waals surface area (Å²) in [5.74, 6) is 0. The highest BCUT2D eigenvalue weighted by Crippen LogP contribution is 2.28. The second-order valence-electron chi connectivity index (χ2n) is 4.36. The van der Waals surface area contributed by atoms with Crippen LogP contribution in [0.4, 0.5) is 13.2 Å². The highest BCUT2D eigenvalue weighted by Gasteiger charge is 2.30. The van der Waals surface area contributed by atoms with Gasteiger partial charge >= 0.3 is 6.18 Å². The maximum atomic E-state index is 12.6. The van der Waals surface area contributed by atoms with E-state index in [0.717, 1.165) is 22.9 Å². The van der Waals surface area contributed by atoms with Gasteiger partial charge in [-0.15, -0.1) is 0 Å². The van der Waals surface area contributed by atoms with E-state index in [2.05, 4.69) is 0 Å². The number of aliphatic hydroxyl groups is 1. The van der Waals surface area contributed by atoms with Crippen LogP contribution >= 0.6 is 0 Å². The summed E-state index contributed by atoms with van der Waals surface area (Å²) in [6.07, 6.45) is -3.67. The summed E-state index contributed by atoms with van der Waals surface area (Å²) >= 11 is 0. The van der Waals surface area contributed by atoms with E-state index < -0.39 is 17.3 Å². The summed E-state index contributed by atoms with van der Waals surface area (Å²) in [6, 6.07) is 8.33. The van der Waals surface area contributed by atoms with E-state index in [-0.39, 0.29) is 13.2 Å². The molecule has 20 heavy (non-hydrogen) atoms. The van der Waals surface area contributed by atoms with Gasteiger partial charge in [0.05, 0.1) is 18.7 Å². The van der Waals surface area contributed by atoms with Crippen molar-refractivity contribution < 1.29 is 18.3 Å². The van der Waals surface area contributed by atoms with E-state index in [9.17, 15) is 18.0 Å². The number of rotatable bonds is 3. The molecule has 3 nitrogen and oxygen atoms in total. The van der Waals surface area contributed by atoms with Gasteiger partial charge in [-0.3, -0.25) is 4.79 Å². The van der Waals surface area contributed by atoms with Crippen LogP contribution in [0.3, 0.4) is 0 Å². The van der Waals surface area contributed by atoms with Gasteiger partial charge in [0.1, 0.15) is 0 Å². The van der Waals surface area contributed by atoms with Crippen molar-refractivity contribution in [3.8, 4) is 0 Å². The predicted molar refractivity (Wildman–Crippen MR) is 67.2 cm³/mol. The molecule has 1 aromatic heterocycles. The lowest BCUT2D eigenvalue weighted by molar-refractivity contribution is -0.138. The molecule has 0 aliphatic heterocycles. The van der Waals surface area contributed by atoms with Gasteiger partial charge in [-0.05, 0) is 17.2 Å². The van der Waals surface area contributed by atoms with Crippen LogP contribution in [0.1, 0.15) is 16.7 Å². The van der Waals surface area contributed by atoms with E-state index >= 15 is 0 Å². The highest BCUT2D eigenvalue weighted by atomic mass is 19.4. The van der Waals surface area contributed by atoms with Gasteiger partial charge in [0.15, 0.2) is 0 Å². The van der Waals surface area contributed by atoms with Crippen LogP contribution in [-0.2, 0) is 19.3 Å². The summed E-state index contributed by atoms with van der Waals surface area (Å²) in [5.41, 5.74) is 0.0297. The molecule has 0 aliphatic carbocycles. The Bertz CT molecular complexity index is 645. The largest absolute Gasteiger partial charge is 0.417 e. The Hall–Kier alpha value is -2.08. The van der Waals surface area contributed by atoms with Gasteiger partial charge < -0.3 is 9.67 Å². The zero-order valence-electron chi connectivity index (χ0n) is 10.4. The van der Waals surface area contributed by atoms with Gasteiger partial charge in [0, 0.05) is 12.3 Å². The first kappa shape index (κ1) is 14.3. The van der Waals surface area contributed by atoms with Crippen LogP contribution in [-0.4, -0.2) is 9.67 Å². The molecular weight excluding hydrogens is 271 g/mol. The first-order valence-corrected chi connectivity index (χ1v) is 5.86. The van der Waals surface area contributed by atoms with Crippen molar-refractivity contribution in [3.05, 3.63) is 69.6 Å². The smallest absolute Gasteiger partial charge is 0.392 e. The Morgan fingerprint density at radius 3 is 2.15 bits per heavy atom. The number of aromatic nitrogens is 1. The summed E-state index contributed by atoms with van der Waals surface area (Å²) < 4.78 is 38.8. The molecule has 0 spiro atoms. The number of alkyl halides is 3. The third kappa shape index (κ3) is 3.27. The Morgan fingerprint density at radius 1 is 1.00 bits per heavy atom. The fourth-order valence-electron chi connectivity index (χ4n) is 1.77. The Labute approximate surface area is 112 Å². The molecule has 2 aromatic rings. The van der Waals surface area contributed by atoms with Crippen LogP contribution in [0.2, 0.25) is 0 Å². The van der Waals surface area contributed by atoms with Crippen molar-refractivity contribution >= 4 is 0 Å². The zero-order chi connectivity index (χ0) is 14.8. The summed E-state index contributed by atoms with van der Waals surface area (Å²) in [7, 11) is 0. The van der Waals surface area contributed by atoms with Crippen LogP contribution in [0, 0.1) is 0 Å². The Balaban J connectivity index is 2.30. The molecule has 0 atom stereocenters. The number of halogens is 3. The van der Waals surface area contributed by atoms with E-state index in [4.69, 9.17) is 5.11 Å². The van der Waals surface area contributed by atoms with Gasteiger partial charge in [-0.1, -0.05) is 24.3 Å². The van der Waals surface area contributed by atoms with Crippen LogP contribution in [0.15, 0.2) is 47.4 Å². The lowest BCUT2D eigenvalue weighted by Gasteiger charge is -2.11.